The number of halogens is 2. The van der Waals surface area contributed by atoms with Gasteiger partial charge in [-0.05, 0) is 47.5 Å². The second-order valence-corrected chi connectivity index (χ2v) is 12.3. The van der Waals surface area contributed by atoms with E-state index in [-0.39, 0.29) is 15.0 Å². The van der Waals surface area contributed by atoms with Crippen LogP contribution in [0.2, 0.25) is 5.02 Å². The van der Waals surface area contributed by atoms with Gasteiger partial charge in [0.25, 0.3) is 0 Å². The molecule has 0 aliphatic rings. The maximum absolute atomic E-state index is 13.5. The lowest BCUT2D eigenvalue weighted by Gasteiger charge is -2.04. The van der Waals surface area contributed by atoms with Gasteiger partial charge in [0.15, 0.2) is 0 Å². The summed E-state index contributed by atoms with van der Waals surface area (Å²) in [6, 6.07) is 17.7. The number of aromatic nitrogens is 1. The molecule has 0 aliphatic carbocycles. The Morgan fingerprint density at radius 1 is 0.848 bits per heavy atom. The van der Waals surface area contributed by atoms with Crippen molar-refractivity contribution in [2.45, 2.75) is 15.0 Å². The minimum atomic E-state index is -3.89. The number of hydrogen-bond acceptors (Lipinski definition) is 6. The highest BCUT2D eigenvalue weighted by molar-refractivity contribution is 7.92. The lowest BCUT2D eigenvalue weighted by molar-refractivity contribution is 0.594. The maximum Gasteiger partial charge on any atom is 0.238 e. The standard InChI is InChI=1S/C22H16ClFN2O4S3/c23-17-7-1-14(2-8-17)13-32(27,28)22-26-20(15-5-11-19(12-6-15)33(25,29)30)21(31-22)16-3-9-18(24)10-4-16/h1-12H,13H2,(H2,25,29,30). The van der Waals surface area contributed by atoms with Gasteiger partial charge in [0.2, 0.25) is 24.2 Å². The van der Waals surface area contributed by atoms with Crippen LogP contribution in [-0.2, 0) is 25.6 Å². The van der Waals surface area contributed by atoms with E-state index in [0.29, 0.717) is 32.3 Å². The zero-order chi connectivity index (χ0) is 23.8. The topological polar surface area (TPSA) is 107 Å². The highest BCUT2D eigenvalue weighted by atomic mass is 35.5. The average molecular weight is 523 g/mol. The van der Waals surface area contributed by atoms with E-state index in [2.05, 4.69) is 4.98 Å². The first-order chi connectivity index (χ1) is 15.5. The van der Waals surface area contributed by atoms with Gasteiger partial charge in [-0.15, -0.1) is 11.3 Å². The predicted octanol–water partition coefficient (Wildman–Crippen LogP) is 4.89. The summed E-state index contributed by atoms with van der Waals surface area (Å²) in [5, 5.41) is 5.65. The van der Waals surface area contributed by atoms with Crippen molar-refractivity contribution in [1.82, 2.24) is 4.98 Å². The Hall–Kier alpha value is -2.63. The minimum absolute atomic E-state index is 0.0830. The number of sulfone groups is 1. The molecule has 33 heavy (non-hydrogen) atoms. The number of primary sulfonamides is 1. The van der Waals surface area contributed by atoms with Gasteiger partial charge in [-0.3, -0.25) is 0 Å². The molecule has 3 aromatic carbocycles. The molecular weight excluding hydrogens is 507 g/mol. The summed E-state index contributed by atoms with van der Waals surface area (Å²) in [7, 11) is -7.70. The molecule has 1 aromatic heterocycles. The van der Waals surface area contributed by atoms with Gasteiger partial charge >= 0.3 is 0 Å². The fraction of sp³-hybridized carbons (Fsp3) is 0.0455. The second kappa shape index (κ2) is 8.96. The fourth-order valence-electron chi connectivity index (χ4n) is 3.09. The first kappa shape index (κ1) is 23.5. The van der Waals surface area contributed by atoms with Crippen LogP contribution in [0.5, 0.6) is 0 Å². The Morgan fingerprint density at radius 3 is 2.00 bits per heavy atom. The molecule has 0 aliphatic heterocycles. The molecule has 0 amide bonds. The summed E-state index contributed by atoms with van der Waals surface area (Å²) in [5.41, 5.74) is 1.96. The Morgan fingerprint density at radius 2 is 1.42 bits per heavy atom. The summed E-state index contributed by atoms with van der Waals surface area (Å²) in [6.07, 6.45) is 0. The molecule has 4 rings (SSSR count). The van der Waals surface area contributed by atoms with Gasteiger partial charge < -0.3 is 0 Å². The van der Waals surface area contributed by atoms with Crippen molar-refractivity contribution in [1.29, 1.82) is 0 Å². The molecular formula is C22H16ClFN2O4S3. The highest BCUT2D eigenvalue weighted by Gasteiger charge is 2.25. The molecule has 0 saturated heterocycles. The number of rotatable bonds is 6. The third-order valence-electron chi connectivity index (χ3n) is 4.71. The van der Waals surface area contributed by atoms with Gasteiger partial charge in [0.05, 0.1) is 21.2 Å². The van der Waals surface area contributed by atoms with Crippen LogP contribution >= 0.6 is 22.9 Å². The Kier molecular flexibility index (Phi) is 6.39. The number of sulfonamides is 1. The minimum Gasteiger partial charge on any atom is -0.225 e. The summed E-state index contributed by atoms with van der Waals surface area (Å²) in [4.78, 5) is 4.81. The molecule has 170 valence electrons. The third-order valence-corrected chi connectivity index (χ3v) is 9.14. The van der Waals surface area contributed by atoms with E-state index in [1.807, 2.05) is 0 Å². The predicted molar refractivity (Wildman–Crippen MR) is 127 cm³/mol. The lowest BCUT2D eigenvalue weighted by atomic mass is 10.1. The van der Waals surface area contributed by atoms with Gasteiger partial charge in [0, 0.05) is 10.6 Å². The van der Waals surface area contributed by atoms with Crippen LogP contribution in [0, 0.1) is 5.82 Å². The molecule has 11 heteroatoms. The van der Waals surface area contributed by atoms with E-state index in [4.69, 9.17) is 16.7 Å². The van der Waals surface area contributed by atoms with E-state index in [0.717, 1.165) is 11.3 Å². The molecule has 0 bridgehead atoms. The first-order valence-electron chi connectivity index (χ1n) is 9.40. The van der Waals surface area contributed by atoms with Crippen LogP contribution in [0.25, 0.3) is 21.7 Å². The van der Waals surface area contributed by atoms with Crippen LogP contribution in [0.3, 0.4) is 0 Å². The van der Waals surface area contributed by atoms with Gasteiger partial charge in [0.1, 0.15) is 5.82 Å². The number of nitrogens with two attached hydrogens (primary N) is 1. The van der Waals surface area contributed by atoms with Crippen molar-refractivity contribution in [2.75, 3.05) is 0 Å². The molecule has 6 nitrogen and oxygen atoms in total. The molecule has 0 fully saturated rings. The fourth-order valence-corrected chi connectivity index (χ4v) is 6.48. The first-order valence-corrected chi connectivity index (χ1v) is 13.8. The Labute approximate surface area is 199 Å². The van der Waals surface area contributed by atoms with Crippen LogP contribution in [0.1, 0.15) is 5.56 Å². The Bertz CT molecular complexity index is 1520. The van der Waals surface area contributed by atoms with E-state index in [1.54, 1.807) is 24.3 Å². The lowest BCUT2D eigenvalue weighted by Crippen LogP contribution is -2.11. The quantitative estimate of drug-likeness (QED) is 0.388. The van der Waals surface area contributed by atoms with Crippen LogP contribution in [0.4, 0.5) is 4.39 Å². The number of nitrogens with zero attached hydrogens (tertiary/aromatic N) is 1. The third kappa shape index (κ3) is 5.31. The van der Waals surface area contributed by atoms with Crippen LogP contribution < -0.4 is 5.14 Å². The normalized spacial score (nSPS) is 12.1. The van der Waals surface area contributed by atoms with Crippen molar-refractivity contribution >= 4 is 42.8 Å². The van der Waals surface area contributed by atoms with E-state index in [9.17, 15) is 21.2 Å². The van der Waals surface area contributed by atoms with Crippen molar-refractivity contribution in [3.05, 3.63) is 89.2 Å². The number of thiazole rings is 1. The van der Waals surface area contributed by atoms with Crippen LogP contribution in [0.15, 0.2) is 82.0 Å². The summed E-state index contributed by atoms with van der Waals surface area (Å²) in [5.74, 6) is -0.706. The zero-order valence-corrected chi connectivity index (χ0v) is 20.0. The molecule has 1 heterocycles. The largest absolute Gasteiger partial charge is 0.238 e. The molecule has 0 unspecified atom stereocenters. The van der Waals surface area contributed by atoms with Gasteiger partial charge in [-0.25, -0.2) is 31.3 Å². The van der Waals surface area contributed by atoms with Crippen molar-refractivity contribution in [2.24, 2.45) is 5.14 Å². The molecule has 0 atom stereocenters. The number of benzene rings is 3. The average Bonchev–Trinajstić information content (AvgIpc) is 3.22. The van der Waals surface area contributed by atoms with Crippen molar-refractivity contribution in [3.8, 4) is 21.7 Å². The van der Waals surface area contributed by atoms with Gasteiger partial charge in [-0.1, -0.05) is 48.0 Å². The zero-order valence-electron chi connectivity index (χ0n) is 16.8. The summed E-state index contributed by atoms with van der Waals surface area (Å²) in [6.45, 7) is 0. The smallest absolute Gasteiger partial charge is 0.225 e. The van der Waals surface area contributed by atoms with Crippen molar-refractivity contribution < 1.29 is 21.2 Å². The SMILES string of the molecule is NS(=O)(=O)c1ccc(-c2nc(S(=O)(=O)Cc3ccc(Cl)cc3)sc2-c2ccc(F)cc2)cc1. The summed E-state index contributed by atoms with van der Waals surface area (Å²) < 4.78 is 62.7. The van der Waals surface area contributed by atoms with Crippen LogP contribution in [-0.4, -0.2) is 21.8 Å². The molecule has 0 spiro atoms. The summed E-state index contributed by atoms with van der Waals surface area (Å²) >= 11 is 6.84. The van der Waals surface area contributed by atoms with E-state index >= 15 is 0 Å². The Balaban J connectivity index is 1.81. The molecule has 4 aromatic rings. The number of hydrogen-bond donors (Lipinski definition) is 1. The highest BCUT2D eigenvalue weighted by Crippen LogP contribution is 2.39. The van der Waals surface area contributed by atoms with E-state index in [1.165, 1.54) is 48.5 Å². The van der Waals surface area contributed by atoms with Gasteiger partial charge in [-0.2, -0.15) is 0 Å². The molecule has 0 radical (unpaired) electrons. The van der Waals surface area contributed by atoms with E-state index < -0.39 is 25.7 Å². The molecule has 0 saturated carbocycles. The maximum atomic E-state index is 13.5. The monoisotopic (exact) mass is 522 g/mol. The second-order valence-electron chi connectivity index (χ2n) is 7.12. The van der Waals surface area contributed by atoms with Crippen molar-refractivity contribution in [3.63, 3.8) is 0 Å². The molecule has 2 N–H and O–H groups in total.